The molecule has 0 radical (unpaired) electrons. The van der Waals surface area contributed by atoms with Crippen molar-refractivity contribution in [3.05, 3.63) is 18.2 Å². The number of carbonyl (C=O) groups is 1. The fourth-order valence-electron chi connectivity index (χ4n) is 1.50. The fraction of sp³-hybridized carbons (Fsp3) is 0.417. The van der Waals surface area contributed by atoms with E-state index in [4.69, 9.17) is 15.6 Å². The van der Waals surface area contributed by atoms with Crippen molar-refractivity contribution < 1.29 is 14.6 Å². The summed E-state index contributed by atoms with van der Waals surface area (Å²) >= 11 is 0. The predicted molar refractivity (Wildman–Crippen MR) is 70.6 cm³/mol. The molecule has 0 saturated carbocycles. The lowest BCUT2D eigenvalue weighted by molar-refractivity contribution is -0.117. The lowest BCUT2D eigenvalue weighted by Crippen LogP contribution is -2.32. The normalized spacial score (nSPS) is 10.4. The van der Waals surface area contributed by atoms with E-state index >= 15 is 0 Å². The van der Waals surface area contributed by atoms with Gasteiger partial charge in [0.05, 0.1) is 25.9 Å². The Balaban J connectivity index is 2.64. The Morgan fingerprint density at radius 3 is 2.89 bits per heavy atom. The van der Waals surface area contributed by atoms with E-state index in [-0.39, 0.29) is 19.1 Å². The van der Waals surface area contributed by atoms with Gasteiger partial charge in [-0.15, -0.1) is 0 Å². The molecule has 0 aliphatic heterocycles. The lowest BCUT2D eigenvalue weighted by atomic mass is 10.2. The second-order valence-corrected chi connectivity index (χ2v) is 3.97. The number of benzene rings is 1. The standard InChI is InChI=1S/C12H19N3O3/c1-15(5-6-16)8-12(17)14-10-4-3-9(13)7-11(10)18-2/h3-4,7,16H,5-6,8,13H2,1-2H3,(H,14,17). The van der Waals surface area contributed by atoms with Crippen LogP contribution in [0.3, 0.4) is 0 Å². The molecule has 1 amide bonds. The predicted octanol–water partition coefficient (Wildman–Crippen LogP) is 0.140. The number of hydrogen-bond acceptors (Lipinski definition) is 5. The van der Waals surface area contributed by atoms with E-state index in [2.05, 4.69) is 5.32 Å². The number of aliphatic hydroxyl groups is 1. The third kappa shape index (κ3) is 4.23. The molecule has 1 rings (SSSR count). The Labute approximate surface area is 106 Å². The molecule has 1 aromatic carbocycles. The number of likely N-dealkylation sites (N-methyl/N-ethyl adjacent to an activating group) is 1. The van der Waals surface area contributed by atoms with Gasteiger partial charge in [0.15, 0.2) is 0 Å². The van der Waals surface area contributed by atoms with Crippen molar-refractivity contribution in [2.45, 2.75) is 0 Å². The van der Waals surface area contributed by atoms with Crippen molar-refractivity contribution in [1.29, 1.82) is 0 Å². The number of hydrogen-bond donors (Lipinski definition) is 3. The van der Waals surface area contributed by atoms with E-state index in [9.17, 15) is 4.79 Å². The van der Waals surface area contributed by atoms with E-state index < -0.39 is 0 Å². The second-order valence-electron chi connectivity index (χ2n) is 3.97. The van der Waals surface area contributed by atoms with Gasteiger partial charge >= 0.3 is 0 Å². The highest BCUT2D eigenvalue weighted by Gasteiger charge is 2.09. The summed E-state index contributed by atoms with van der Waals surface area (Å²) in [6.45, 7) is 0.676. The van der Waals surface area contributed by atoms with Gasteiger partial charge in [0.1, 0.15) is 5.75 Å². The van der Waals surface area contributed by atoms with Crippen LogP contribution in [0, 0.1) is 0 Å². The topological polar surface area (TPSA) is 87.8 Å². The molecule has 0 spiro atoms. The Kier molecular flexibility index (Phi) is 5.41. The number of nitrogens with two attached hydrogens (primary N) is 1. The molecule has 100 valence electrons. The maximum absolute atomic E-state index is 11.7. The molecule has 0 fully saturated rings. The van der Waals surface area contributed by atoms with Gasteiger partial charge in [0, 0.05) is 18.3 Å². The molecule has 0 unspecified atom stereocenters. The van der Waals surface area contributed by atoms with Crippen LogP contribution in [-0.4, -0.2) is 49.8 Å². The minimum atomic E-state index is -0.172. The average molecular weight is 253 g/mol. The summed E-state index contributed by atoms with van der Waals surface area (Å²) in [7, 11) is 3.28. The van der Waals surface area contributed by atoms with Crippen LogP contribution < -0.4 is 15.8 Å². The monoisotopic (exact) mass is 253 g/mol. The van der Waals surface area contributed by atoms with Gasteiger partial charge in [-0.2, -0.15) is 0 Å². The van der Waals surface area contributed by atoms with Gasteiger partial charge in [0.25, 0.3) is 0 Å². The molecule has 0 bridgehead atoms. The highest BCUT2D eigenvalue weighted by Crippen LogP contribution is 2.26. The van der Waals surface area contributed by atoms with E-state index in [1.165, 1.54) is 7.11 Å². The summed E-state index contributed by atoms with van der Waals surface area (Å²) in [5.41, 5.74) is 6.77. The zero-order chi connectivity index (χ0) is 13.5. The molecule has 1 aromatic rings. The summed E-state index contributed by atoms with van der Waals surface area (Å²) in [6, 6.07) is 5.03. The van der Waals surface area contributed by atoms with E-state index in [0.717, 1.165) is 0 Å². The first kappa shape index (κ1) is 14.3. The fourth-order valence-corrected chi connectivity index (χ4v) is 1.50. The average Bonchev–Trinajstić information content (AvgIpc) is 2.31. The molecule has 0 aromatic heterocycles. The number of amides is 1. The van der Waals surface area contributed by atoms with Crippen molar-refractivity contribution in [3.63, 3.8) is 0 Å². The van der Waals surface area contributed by atoms with Gasteiger partial charge in [0.2, 0.25) is 5.91 Å². The lowest BCUT2D eigenvalue weighted by Gasteiger charge is -2.16. The van der Waals surface area contributed by atoms with Gasteiger partial charge in [-0.25, -0.2) is 0 Å². The van der Waals surface area contributed by atoms with Crippen LogP contribution in [0.4, 0.5) is 11.4 Å². The number of anilines is 2. The van der Waals surface area contributed by atoms with Crippen molar-refractivity contribution in [2.75, 3.05) is 44.9 Å². The summed E-state index contributed by atoms with van der Waals surface area (Å²) in [4.78, 5) is 13.5. The molecule has 18 heavy (non-hydrogen) atoms. The number of aliphatic hydroxyl groups excluding tert-OH is 1. The maximum atomic E-state index is 11.7. The van der Waals surface area contributed by atoms with Gasteiger partial charge in [-0.05, 0) is 19.2 Å². The van der Waals surface area contributed by atoms with Crippen molar-refractivity contribution >= 4 is 17.3 Å². The quantitative estimate of drug-likeness (QED) is 0.628. The molecule has 0 aliphatic carbocycles. The number of carbonyl (C=O) groups excluding carboxylic acids is 1. The minimum Gasteiger partial charge on any atom is -0.494 e. The summed E-state index contributed by atoms with van der Waals surface area (Å²) in [5.74, 6) is 0.349. The largest absolute Gasteiger partial charge is 0.494 e. The maximum Gasteiger partial charge on any atom is 0.238 e. The Morgan fingerprint density at radius 1 is 1.56 bits per heavy atom. The SMILES string of the molecule is COc1cc(N)ccc1NC(=O)CN(C)CCO. The molecule has 0 heterocycles. The van der Waals surface area contributed by atoms with Crippen LogP contribution in [0.5, 0.6) is 5.75 Å². The Morgan fingerprint density at radius 2 is 2.28 bits per heavy atom. The zero-order valence-electron chi connectivity index (χ0n) is 10.6. The van der Waals surface area contributed by atoms with Crippen LogP contribution in [0.1, 0.15) is 0 Å². The summed E-state index contributed by atoms with van der Waals surface area (Å²) in [5, 5.41) is 11.5. The first-order chi connectivity index (χ1) is 8.56. The first-order valence-electron chi connectivity index (χ1n) is 5.59. The van der Waals surface area contributed by atoms with Crippen LogP contribution in [0.15, 0.2) is 18.2 Å². The molecule has 0 aliphatic rings. The Bertz CT molecular complexity index is 410. The highest BCUT2D eigenvalue weighted by atomic mass is 16.5. The van der Waals surface area contributed by atoms with Crippen molar-refractivity contribution in [1.82, 2.24) is 4.90 Å². The van der Waals surface area contributed by atoms with Crippen LogP contribution >= 0.6 is 0 Å². The molecule has 6 heteroatoms. The third-order valence-electron chi connectivity index (χ3n) is 2.39. The molecule has 6 nitrogen and oxygen atoms in total. The molecule has 0 atom stereocenters. The zero-order valence-corrected chi connectivity index (χ0v) is 10.6. The van der Waals surface area contributed by atoms with Crippen molar-refractivity contribution in [2.24, 2.45) is 0 Å². The number of nitrogens with zero attached hydrogens (tertiary/aromatic N) is 1. The van der Waals surface area contributed by atoms with Crippen molar-refractivity contribution in [3.8, 4) is 5.75 Å². The van der Waals surface area contributed by atoms with E-state index in [1.807, 2.05) is 0 Å². The second kappa shape index (κ2) is 6.83. The van der Waals surface area contributed by atoms with Gasteiger partial charge in [-0.3, -0.25) is 9.69 Å². The summed E-state index contributed by atoms with van der Waals surface area (Å²) in [6.07, 6.45) is 0. The van der Waals surface area contributed by atoms with Crippen LogP contribution in [-0.2, 0) is 4.79 Å². The van der Waals surface area contributed by atoms with Gasteiger partial charge < -0.3 is 20.9 Å². The highest BCUT2D eigenvalue weighted by molar-refractivity contribution is 5.94. The van der Waals surface area contributed by atoms with E-state index in [0.29, 0.717) is 23.7 Å². The number of nitrogens with one attached hydrogen (secondary N) is 1. The first-order valence-corrected chi connectivity index (χ1v) is 5.59. The molecular weight excluding hydrogens is 234 g/mol. The Hall–Kier alpha value is -1.79. The molecular formula is C12H19N3O3. The molecule has 4 N–H and O–H groups in total. The number of nitrogen functional groups attached to an aromatic ring is 1. The third-order valence-corrected chi connectivity index (χ3v) is 2.39. The number of ether oxygens (including phenoxy) is 1. The molecule has 0 saturated heterocycles. The summed E-state index contributed by atoms with van der Waals surface area (Å²) < 4.78 is 5.13. The van der Waals surface area contributed by atoms with Crippen LogP contribution in [0.2, 0.25) is 0 Å². The van der Waals surface area contributed by atoms with E-state index in [1.54, 1.807) is 30.1 Å². The number of methoxy groups -OCH3 is 1. The van der Waals surface area contributed by atoms with Crippen LogP contribution in [0.25, 0.3) is 0 Å². The minimum absolute atomic E-state index is 0.0228. The smallest absolute Gasteiger partial charge is 0.238 e. The van der Waals surface area contributed by atoms with Gasteiger partial charge in [-0.1, -0.05) is 0 Å². The number of rotatable bonds is 6.